The number of rotatable bonds is 5. The highest BCUT2D eigenvalue weighted by atomic mass is 35.5. The smallest absolute Gasteiger partial charge is 0.142 e. The molecule has 1 saturated heterocycles. The molecule has 0 atom stereocenters. The Bertz CT molecular complexity index is 672. The maximum Gasteiger partial charge on any atom is 0.142 e. The first kappa shape index (κ1) is 16.5. The third-order valence-corrected chi connectivity index (χ3v) is 4.55. The largest absolute Gasteiger partial charge is 0.377 e. The van der Waals surface area contributed by atoms with Crippen LogP contribution in [-0.2, 0) is 23.1 Å². The molecule has 0 bridgehead atoms. The summed E-state index contributed by atoms with van der Waals surface area (Å²) in [7, 11) is 0. The van der Waals surface area contributed by atoms with Gasteiger partial charge in [0.2, 0.25) is 0 Å². The van der Waals surface area contributed by atoms with Gasteiger partial charge in [-0.05, 0) is 11.6 Å². The fourth-order valence-electron chi connectivity index (χ4n) is 2.63. The summed E-state index contributed by atoms with van der Waals surface area (Å²) in [5.74, 6) is 0.911. The van der Waals surface area contributed by atoms with Gasteiger partial charge in [0.15, 0.2) is 0 Å². The van der Waals surface area contributed by atoms with Crippen LogP contribution < -0.4 is 5.32 Å². The van der Waals surface area contributed by atoms with Crippen LogP contribution in [0.5, 0.6) is 0 Å². The zero-order valence-corrected chi connectivity index (χ0v) is 14.6. The molecule has 1 aromatic carbocycles. The average molecular weight is 335 g/mol. The van der Waals surface area contributed by atoms with Crippen LogP contribution in [0, 0.1) is 0 Å². The second-order valence-electron chi connectivity index (χ2n) is 7.33. The van der Waals surface area contributed by atoms with Gasteiger partial charge in [0.25, 0.3) is 0 Å². The summed E-state index contributed by atoms with van der Waals surface area (Å²) >= 11 is 6.23. The van der Waals surface area contributed by atoms with E-state index in [4.69, 9.17) is 20.9 Å². The second-order valence-corrected chi connectivity index (χ2v) is 7.73. The Kier molecular flexibility index (Phi) is 4.50. The Morgan fingerprint density at radius 3 is 2.57 bits per heavy atom. The number of halogens is 1. The van der Waals surface area contributed by atoms with Crippen molar-refractivity contribution in [1.29, 1.82) is 0 Å². The van der Waals surface area contributed by atoms with Gasteiger partial charge in [0.05, 0.1) is 24.4 Å². The quantitative estimate of drug-likeness (QED) is 0.905. The minimum atomic E-state index is -0.0921. The van der Waals surface area contributed by atoms with Crippen molar-refractivity contribution in [3.63, 3.8) is 0 Å². The van der Waals surface area contributed by atoms with Crippen LogP contribution in [0.1, 0.15) is 37.8 Å². The van der Waals surface area contributed by atoms with Crippen molar-refractivity contribution in [2.75, 3.05) is 13.2 Å². The molecule has 0 spiro atoms. The highest BCUT2D eigenvalue weighted by molar-refractivity contribution is 6.31. The van der Waals surface area contributed by atoms with Crippen molar-refractivity contribution in [3.8, 4) is 0 Å². The summed E-state index contributed by atoms with van der Waals surface area (Å²) in [6.45, 7) is 8.43. The van der Waals surface area contributed by atoms with Crippen molar-refractivity contribution in [3.05, 3.63) is 52.4 Å². The first-order valence-electron chi connectivity index (χ1n) is 7.90. The summed E-state index contributed by atoms with van der Waals surface area (Å²) in [6, 6.07) is 9.95. The third kappa shape index (κ3) is 3.77. The molecule has 1 fully saturated rings. The SMILES string of the molecule is CC(C)(C)c1cc(CC2(NCc3ccccc3Cl)COC2)no1. The van der Waals surface area contributed by atoms with E-state index in [0.29, 0.717) is 19.8 Å². The zero-order valence-electron chi connectivity index (χ0n) is 13.9. The van der Waals surface area contributed by atoms with Crippen LogP contribution in [-0.4, -0.2) is 23.9 Å². The zero-order chi connectivity index (χ0) is 16.5. The molecule has 0 saturated carbocycles. The first-order chi connectivity index (χ1) is 10.9. The molecule has 0 amide bonds. The normalized spacial score (nSPS) is 17.0. The molecule has 0 radical (unpaired) electrons. The van der Waals surface area contributed by atoms with Gasteiger partial charge in [-0.3, -0.25) is 0 Å². The van der Waals surface area contributed by atoms with Gasteiger partial charge in [-0.15, -0.1) is 0 Å². The van der Waals surface area contributed by atoms with E-state index in [1.54, 1.807) is 0 Å². The Labute approximate surface area is 142 Å². The van der Waals surface area contributed by atoms with Gasteiger partial charge < -0.3 is 14.6 Å². The van der Waals surface area contributed by atoms with E-state index in [1.807, 2.05) is 24.3 Å². The van der Waals surface area contributed by atoms with Crippen LogP contribution in [0.2, 0.25) is 5.02 Å². The Hall–Kier alpha value is -1.36. The molecule has 2 aromatic rings. The van der Waals surface area contributed by atoms with Gasteiger partial charge >= 0.3 is 0 Å². The molecule has 5 heteroatoms. The number of nitrogens with zero attached hydrogens (tertiary/aromatic N) is 1. The Morgan fingerprint density at radius 2 is 2.00 bits per heavy atom. The first-order valence-corrected chi connectivity index (χ1v) is 8.28. The standard InChI is InChI=1S/C18H23ClN2O2/c1-17(2,3)16-8-14(21-23-16)9-18(11-22-12-18)20-10-13-6-4-5-7-15(13)19/h4-8,20H,9-12H2,1-3H3. The van der Waals surface area contributed by atoms with E-state index in [1.165, 1.54) is 0 Å². The predicted octanol–water partition coefficient (Wildman–Crippen LogP) is 3.73. The summed E-state index contributed by atoms with van der Waals surface area (Å²) in [5, 5.41) is 8.60. The lowest BCUT2D eigenvalue weighted by Gasteiger charge is -2.42. The molecule has 124 valence electrons. The van der Waals surface area contributed by atoms with Crippen molar-refractivity contribution in [2.45, 2.75) is 44.7 Å². The number of aromatic nitrogens is 1. The molecule has 1 aliphatic rings. The van der Waals surface area contributed by atoms with Gasteiger partial charge in [-0.25, -0.2) is 0 Å². The fourth-order valence-corrected chi connectivity index (χ4v) is 2.84. The third-order valence-electron chi connectivity index (χ3n) is 4.19. The summed E-state index contributed by atoms with van der Waals surface area (Å²) in [6.07, 6.45) is 0.789. The second kappa shape index (κ2) is 6.27. The molecule has 1 aliphatic heterocycles. The topological polar surface area (TPSA) is 47.3 Å². The molecule has 3 rings (SSSR count). The van der Waals surface area contributed by atoms with E-state index >= 15 is 0 Å². The van der Waals surface area contributed by atoms with E-state index in [2.05, 4.69) is 37.3 Å². The van der Waals surface area contributed by atoms with E-state index in [-0.39, 0.29) is 11.0 Å². The lowest BCUT2D eigenvalue weighted by atomic mass is 9.89. The maximum absolute atomic E-state index is 6.23. The van der Waals surface area contributed by atoms with Crippen molar-refractivity contribution in [2.24, 2.45) is 0 Å². The maximum atomic E-state index is 6.23. The predicted molar refractivity (Wildman–Crippen MR) is 90.7 cm³/mol. The lowest BCUT2D eigenvalue weighted by Crippen LogP contribution is -2.61. The van der Waals surface area contributed by atoms with Crippen LogP contribution in [0.25, 0.3) is 0 Å². The van der Waals surface area contributed by atoms with Gasteiger partial charge in [0, 0.05) is 29.5 Å². The molecule has 1 aromatic heterocycles. The van der Waals surface area contributed by atoms with E-state index in [9.17, 15) is 0 Å². The van der Waals surface area contributed by atoms with Crippen LogP contribution >= 0.6 is 11.6 Å². The summed E-state index contributed by atoms with van der Waals surface area (Å²) in [5.41, 5.74) is 1.94. The average Bonchev–Trinajstić information content (AvgIpc) is 2.92. The number of hydrogen-bond donors (Lipinski definition) is 1. The monoisotopic (exact) mass is 334 g/mol. The number of hydrogen-bond acceptors (Lipinski definition) is 4. The van der Waals surface area contributed by atoms with Gasteiger partial charge in [-0.1, -0.05) is 55.7 Å². The Balaban J connectivity index is 1.67. The molecule has 2 heterocycles. The molecule has 4 nitrogen and oxygen atoms in total. The van der Waals surface area contributed by atoms with Crippen molar-refractivity contribution < 1.29 is 9.26 Å². The van der Waals surface area contributed by atoms with E-state index in [0.717, 1.165) is 28.5 Å². The molecular weight excluding hydrogens is 312 g/mol. The fraction of sp³-hybridized carbons (Fsp3) is 0.500. The highest BCUT2D eigenvalue weighted by Crippen LogP contribution is 2.27. The minimum absolute atomic E-state index is 0.0283. The summed E-state index contributed by atoms with van der Waals surface area (Å²) in [4.78, 5) is 0. The molecule has 0 unspecified atom stereocenters. The number of benzene rings is 1. The lowest BCUT2D eigenvalue weighted by molar-refractivity contribution is -0.0755. The Morgan fingerprint density at radius 1 is 1.26 bits per heavy atom. The van der Waals surface area contributed by atoms with Crippen LogP contribution in [0.4, 0.5) is 0 Å². The van der Waals surface area contributed by atoms with Gasteiger partial charge in [0.1, 0.15) is 5.76 Å². The molecule has 0 aliphatic carbocycles. The molecular formula is C18H23ClN2O2. The van der Waals surface area contributed by atoms with E-state index < -0.39 is 0 Å². The van der Waals surface area contributed by atoms with Crippen molar-refractivity contribution >= 4 is 11.6 Å². The van der Waals surface area contributed by atoms with Crippen molar-refractivity contribution in [1.82, 2.24) is 10.5 Å². The highest BCUT2D eigenvalue weighted by Gasteiger charge is 2.39. The van der Waals surface area contributed by atoms with Crippen LogP contribution in [0.15, 0.2) is 34.9 Å². The minimum Gasteiger partial charge on any atom is -0.377 e. The number of ether oxygens (including phenoxy) is 1. The number of nitrogens with one attached hydrogen (secondary N) is 1. The summed E-state index contributed by atoms with van der Waals surface area (Å²) < 4.78 is 10.9. The molecule has 1 N–H and O–H groups in total. The molecule has 23 heavy (non-hydrogen) atoms. The van der Waals surface area contributed by atoms with Crippen LogP contribution in [0.3, 0.4) is 0 Å². The van der Waals surface area contributed by atoms with Gasteiger partial charge in [-0.2, -0.15) is 0 Å².